The fourth-order valence-electron chi connectivity index (χ4n) is 1.58. The third kappa shape index (κ3) is 5.13. The van der Waals surface area contributed by atoms with Crippen molar-refractivity contribution in [2.75, 3.05) is 6.61 Å². The summed E-state index contributed by atoms with van der Waals surface area (Å²) in [7, 11) is 0. The van der Waals surface area contributed by atoms with Gasteiger partial charge in [-0.3, -0.25) is 4.79 Å². The second-order valence-corrected chi connectivity index (χ2v) is 6.16. The van der Waals surface area contributed by atoms with Crippen LogP contribution in [-0.2, 0) is 4.79 Å². The highest BCUT2D eigenvalue weighted by molar-refractivity contribution is 9.10. The lowest BCUT2D eigenvalue weighted by atomic mass is 10.1. The van der Waals surface area contributed by atoms with Gasteiger partial charge in [-0.25, -0.2) is 0 Å². The van der Waals surface area contributed by atoms with E-state index in [1.54, 1.807) is 19.1 Å². The first-order valence-corrected chi connectivity index (χ1v) is 7.50. The highest BCUT2D eigenvalue weighted by atomic mass is 79.9. The number of ether oxygens (including phenoxy) is 1. The lowest BCUT2D eigenvalue weighted by Gasteiger charge is -2.18. The van der Waals surface area contributed by atoms with Crippen molar-refractivity contribution in [1.82, 2.24) is 5.32 Å². The number of amides is 1. The predicted molar refractivity (Wildman–Crippen MR) is 82.7 cm³/mol. The van der Waals surface area contributed by atoms with Crippen LogP contribution in [0.2, 0.25) is 0 Å². The summed E-state index contributed by atoms with van der Waals surface area (Å²) in [5.74, 6) is 0.724. The standard InChI is InChI=1S/C15H22BrNO3/c1-9(2)10(3)17-15(19)8-20-14-7-12(16)5-6-13(14)11(4)18/h5-7,9-11,18H,8H2,1-4H3,(H,17,19). The van der Waals surface area contributed by atoms with Gasteiger partial charge >= 0.3 is 0 Å². The monoisotopic (exact) mass is 343 g/mol. The Morgan fingerprint density at radius 1 is 1.35 bits per heavy atom. The minimum absolute atomic E-state index is 0.0623. The quantitative estimate of drug-likeness (QED) is 0.834. The van der Waals surface area contributed by atoms with Gasteiger partial charge in [0.2, 0.25) is 0 Å². The van der Waals surface area contributed by atoms with Gasteiger partial charge in [0.1, 0.15) is 5.75 Å². The van der Waals surface area contributed by atoms with Gasteiger partial charge < -0.3 is 15.2 Å². The van der Waals surface area contributed by atoms with Gasteiger partial charge in [0, 0.05) is 16.1 Å². The summed E-state index contributed by atoms with van der Waals surface area (Å²) in [4.78, 5) is 11.8. The highest BCUT2D eigenvalue weighted by Gasteiger charge is 2.14. The maximum atomic E-state index is 11.8. The largest absolute Gasteiger partial charge is 0.483 e. The topological polar surface area (TPSA) is 58.6 Å². The molecule has 0 radical (unpaired) electrons. The van der Waals surface area contributed by atoms with Crippen molar-refractivity contribution in [3.8, 4) is 5.75 Å². The van der Waals surface area contributed by atoms with Crippen LogP contribution in [0.4, 0.5) is 0 Å². The van der Waals surface area contributed by atoms with Crippen LogP contribution in [0.1, 0.15) is 39.4 Å². The van der Waals surface area contributed by atoms with Crippen molar-refractivity contribution < 1.29 is 14.6 Å². The Morgan fingerprint density at radius 2 is 2.00 bits per heavy atom. The van der Waals surface area contributed by atoms with Crippen LogP contribution in [-0.4, -0.2) is 23.7 Å². The van der Waals surface area contributed by atoms with Crippen molar-refractivity contribution >= 4 is 21.8 Å². The molecular weight excluding hydrogens is 322 g/mol. The molecule has 1 aromatic carbocycles. The molecule has 1 rings (SSSR count). The molecule has 0 aliphatic rings. The van der Waals surface area contributed by atoms with E-state index in [-0.39, 0.29) is 18.6 Å². The van der Waals surface area contributed by atoms with Crippen molar-refractivity contribution in [3.05, 3.63) is 28.2 Å². The van der Waals surface area contributed by atoms with E-state index in [1.165, 1.54) is 0 Å². The molecule has 5 heteroatoms. The molecular formula is C15H22BrNO3. The van der Waals surface area contributed by atoms with Crippen LogP contribution in [0, 0.1) is 5.92 Å². The van der Waals surface area contributed by atoms with E-state index in [0.29, 0.717) is 17.2 Å². The maximum absolute atomic E-state index is 11.8. The molecule has 0 aliphatic heterocycles. The first-order valence-electron chi connectivity index (χ1n) is 6.71. The molecule has 2 atom stereocenters. The van der Waals surface area contributed by atoms with Gasteiger partial charge in [0.25, 0.3) is 5.91 Å². The van der Waals surface area contributed by atoms with Crippen molar-refractivity contribution in [3.63, 3.8) is 0 Å². The van der Waals surface area contributed by atoms with E-state index in [2.05, 4.69) is 21.2 Å². The lowest BCUT2D eigenvalue weighted by Crippen LogP contribution is -2.39. The Kier molecular flexibility index (Phi) is 6.49. The number of benzene rings is 1. The van der Waals surface area contributed by atoms with Crippen LogP contribution >= 0.6 is 15.9 Å². The molecule has 2 unspecified atom stereocenters. The normalized spacial score (nSPS) is 13.9. The second kappa shape index (κ2) is 7.64. The van der Waals surface area contributed by atoms with Crippen LogP contribution < -0.4 is 10.1 Å². The molecule has 0 saturated heterocycles. The molecule has 0 saturated carbocycles. The maximum Gasteiger partial charge on any atom is 0.258 e. The van der Waals surface area contributed by atoms with Crippen LogP contribution in [0.5, 0.6) is 5.75 Å². The van der Waals surface area contributed by atoms with Gasteiger partial charge in [-0.15, -0.1) is 0 Å². The number of carbonyl (C=O) groups excluding carboxylic acids is 1. The van der Waals surface area contributed by atoms with Gasteiger partial charge in [0.05, 0.1) is 6.10 Å². The fourth-order valence-corrected chi connectivity index (χ4v) is 1.92. The number of rotatable bonds is 6. The average molecular weight is 344 g/mol. The summed E-state index contributed by atoms with van der Waals surface area (Å²) in [5.41, 5.74) is 0.665. The number of aliphatic hydroxyl groups excluding tert-OH is 1. The third-order valence-electron chi connectivity index (χ3n) is 3.17. The van der Waals surface area contributed by atoms with Crippen molar-refractivity contribution in [2.45, 2.75) is 39.8 Å². The third-order valence-corrected chi connectivity index (χ3v) is 3.67. The van der Waals surface area contributed by atoms with Gasteiger partial charge in [-0.05, 0) is 31.9 Å². The summed E-state index contributed by atoms with van der Waals surface area (Å²) in [5, 5.41) is 12.6. The van der Waals surface area contributed by atoms with E-state index in [0.717, 1.165) is 4.47 Å². The summed E-state index contributed by atoms with van der Waals surface area (Å²) in [6.45, 7) is 7.66. The molecule has 4 nitrogen and oxygen atoms in total. The van der Waals surface area contributed by atoms with Gasteiger partial charge in [0.15, 0.2) is 6.61 Å². The number of hydrogen-bond acceptors (Lipinski definition) is 3. The van der Waals surface area contributed by atoms with Crippen LogP contribution in [0.25, 0.3) is 0 Å². The summed E-state index contributed by atoms with van der Waals surface area (Å²) < 4.78 is 6.36. The number of nitrogens with one attached hydrogen (secondary N) is 1. The smallest absolute Gasteiger partial charge is 0.258 e. The van der Waals surface area contributed by atoms with Gasteiger partial charge in [-0.1, -0.05) is 35.8 Å². The van der Waals surface area contributed by atoms with E-state index in [4.69, 9.17) is 4.74 Å². The Morgan fingerprint density at radius 3 is 2.55 bits per heavy atom. The Hall–Kier alpha value is -1.07. The molecule has 0 aliphatic carbocycles. The molecule has 1 amide bonds. The zero-order valence-corrected chi connectivity index (χ0v) is 13.9. The zero-order chi connectivity index (χ0) is 15.3. The SMILES string of the molecule is CC(O)c1ccc(Br)cc1OCC(=O)NC(C)C(C)C. The Bertz CT molecular complexity index is 460. The zero-order valence-electron chi connectivity index (χ0n) is 12.3. The van der Waals surface area contributed by atoms with E-state index < -0.39 is 6.10 Å². The van der Waals surface area contributed by atoms with E-state index in [1.807, 2.05) is 26.8 Å². The van der Waals surface area contributed by atoms with Crippen LogP contribution in [0.15, 0.2) is 22.7 Å². The van der Waals surface area contributed by atoms with Crippen molar-refractivity contribution in [2.24, 2.45) is 5.92 Å². The van der Waals surface area contributed by atoms with Crippen LogP contribution in [0.3, 0.4) is 0 Å². The number of hydrogen-bond donors (Lipinski definition) is 2. The number of aliphatic hydroxyl groups is 1. The Labute approximate surface area is 128 Å². The molecule has 0 aromatic heterocycles. The van der Waals surface area contributed by atoms with Crippen molar-refractivity contribution in [1.29, 1.82) is 0 Å². The molecule has 2 N–H and O–H groups in total. The number of halogens is 1. The molecule has 112 valence electrons. The predicted octanol–water partition coefficient (Wildman–Crippen LogP) is 3.04. The summed E-state index contributed by atoms with van der Waals surface area (Å²) >= 11 is 3.35. The van der Waals surface area contributed by atoms with E-state index in [9.17, 15) is 9.90 Å². The highest BCUT2D eigenvalue weighted by Crippen LogP contribution is 2.28. The van der Waals surface area contributed by atoms with Gasteiger partial charge in [-0.2, -0.15) is 0 Å². The van der Waals surface area contributed by atoms with E-state index >= 15 is 0 Å². The first-order chi connectivity index (χ1) is 9.31. The molecule has 0 heterocycles. The average Bonchev–Trinajstić information content (AvgIpc) is 2.35. The molecule has 20 heavy (non-hydrogen) atoms. The molecule has 1 aromatic rings. The fraction of sp³-hybridized carbons (Fsp3) is 0.533. The molecule has 0 spiro atoms. The summed E-state index contributed by atoms with van der Waals surface area (Å²) in [6.07, 6.45) is -0.643. The first kappa shape index (κ1) is 17.0. The molecule has 0 fully saturated rings. The summed E-state index contributed by atoms with van der Waals surface area (Å²) in [6, 6.07) is 5.46. The lowest BCUT2D eigenvalue weighted by molar-refractivity contribution is -0.124. The minimum Gasteiger partial charge on any atom is -0.483 e. The minimum atomic E-state index is -0.643. The molecule has 0 bridgehead atoms. The second-order valence-electron chi connectivity index (χ2n) is 5.25. The Balaban J connectivity index is 2.65. The number of carbonyl (C=O) groups is 1.